The van der Waals surface area contributed by atoms with Gasteiger partial charge in [-0.05, 0) is 19.3 Å². The molecule has 5 heteroatoms. The van der Waals surface area contributed by atoms with Gasteiger partial charge in [-0.3, -0.25) is 0 Å². The third-order valence-electron chi connectivity index (χ3n) is 2.37. The molecule has 3 N–H and O–H groups in total. The third kappa shape index (κ3) is 5.24. The Hall–Kier alpha value is -1.26. The van der Waals surface area contributed by atoms with Crippen molar-refractivity contribution < 1.29 is 14.7 Å². The van der Waals surface area contributed by atoms with E-state index in [2.05, 4.69) is 10.6 Å². The predicted molar refractivity (Wildman–Crippen MR) is 57.7 cm³/mol. The zero-order valence-electron chi connectivity index (χ0n) is 9.70. The van der Waals surface area contributed by atoms with Crippen LogP contribution < -0.4 is 10.6 Å². The summed E-state index contributed by atoms with van der Waals surface area (Å²) in [5.74, 6) is -0.689. The largest absolute Gasteiger partial charge is 0.480 e. The average molecular weight is 216 g/mol. The molecule has 5 nitrogen and oxygen atoms in total. The number of urea groups is 1. The first-order chi connectivity index (χ1) is 6.88. The van der Waals surface area contributed by atoms with E-state index in [1.54, 1.807) is 6.92 Å². The number of hydrogen-bond donors (Lipinski definition) is 3. The average Bonchev–Trinajstić information content (AvgIpc) is 2.13. The molecule has 0 fully saturated rings. The van der Waals surface area contributed by atoms with Crippen molar-refractivity contribution in [1.29, 1.82) is 0 Å². The number of carbonyl (C=O) groups is 2. The van der Waals surface area contributed by atoms with E-state index in [0.29, 0.717) is 12.3 Å². The van der Waals surface area contributed by atoms with Crippen LogP contribution in [0.25, 0.3) is 0 Å². The number of rotatable bonds is 5. The van der Waals surface area contributed by atoms with Crippen molar-refractivity contribution in [3.63, 3.8) is 0 Å². The Morgan fingerprint density at radius 2 is 1.73 bits per heavy atom. The summed E-state index contributed by atoms with van der Waals surface area (Å²) >= 11 is 0. The number of hydrogen-bond acceptors (Lipinski definition) is 2. The molecule has 0 aliphatic carbocycles. The molecular formula is C10H20N2O3. The van der Waals surface area contributed by atoms with Gasteiger partial charge in [0.25, 0.3) is 0 Å². The summed E-state index contributed by atoms with van der Waals surface area (Å²) < 4.78 is 0. The molecule has 0 aromatic heterocycles. The fourth-order valence-corrected chi connectivity index (χ4v) is 0.912. The zero-order valence-corrected chi connectivity index (χ0v) is 9.70. The summed E-state index contributed by atoms with van der Waals surface area (Å²) in [5, 5.41) is 13.8. The molecule has 0 bridgehead atoms. The first kappa shape index (κ1) is 13.7. The van der Waals surface area contributed by atoms with Crippen molar-refractivity contribution in [3.8, 4) is 0 Å². The Morgan fingerprint density at radius 3 is 2.07 bits per heavy atom. The zero-order chi connectivity index (χ0) is 12.0. The summed E-state index contributed by atoms with van der Waals surface area (Å²) in [6.07, 6.45) is 0.374. The van der Waals surface area contributed by atoms with E-state index in [4.69, 9.17) is 5.11 Å². The smallest absolute Gasteiger partial charge is 0.326 e. The molecule has 0 saturated carbocycles. The van der Waals surface area contributed by atoms with Crippen LogP contribution in [0.15, 0.2) is 0 Å². The van der Waals surface area contributed by atoms with Gasteiger partial charge in [-0.15, -0.1) is 0 Å². The van der Waals surface area contributed by atoms with Crippen LogP contribution >= 0.6 is 0 Å². The highest BCUT2D eigenvalue weighted by Crippen LogP contribution is 1.99. The molecule has 0 rings (SSSR count). The summed E-state index contributed by atoms with van der Waals surface area (Å²) in [5.41, 5.74) is 0. The second-order valence-electron chi connectivity index (χ2n) is 3.95. The molecule has 0 heterocycles. The molecule has 2 amide bonds. The van der Waals surface area contributed by atoms with Crippen LogP contribution in [0.2, 0.25) is 0 Å². The van der Waals surface area contributed by atoms with Gasteiger partial charge in [-0.2, -0.15) is 0 Å². The Labute approximate surface area is 90.2 Å². The van der Waals surface area contributed by atoms with E-state index in [1.165, 1.54) is 0 Å². The van der Waals surface area contributed by atoms with Crippen molar-refractivity contribution in [2.24, 2.45) is 5.92 Å². The Bertz CT molecular complexity index is 229. The second kappa shape index (κ2) is 6.27. The molecule has 0 saturated heterocycles. The fraction of sp³-hybridized carbons (Fsp3) is 0.800. The number of carbonyl (C=O) groups excluding carboxylic acids is 1. The van der Waals surface area contributed by atoms with Crippen molar-refractivity contribution in [3.05, 3.63) is 0 Å². The first-order valence-electron chi connectivity index (χ1n) is 5.18. The van der Waals surface area contributed by atoms with Crippen molar-refractivity contribution in [1.82, 2.24) is 10.6 Å². The molecule has 0 aliphatic heterocycles. The Balaban J connectivity index is 4.07. The van der Waals surface area contributed by atoms with Gasteiger partial charge in [-0.1, -0.05) is 20.8 Å². The van der Waals surface area contributed by atoms with Gasteiger partial charge in [0.2, 0.25) is 0 Å². The summed E-state index contributed by atoms with van der Waals surface area (Å²) in [4.78, 5) is 22.0. The van der Waals surface area contributed by atoms with Gasteiger partial charge in [-0.25, -0.2) is 9.59 Å². The van der Waals surface area contributed by atoms with Gasteiger partial charge in [0, 0.05) is 6.04 Å². The lowest BCUT2D eigenvalue weighted by atomic mass is 10.1. The maximum Gasteiger partial charge on any atom is 0.326 e. The fourth-order valence-electron chi connectivity index (χ4n) is 0.912. The highest BCUT2D eigenvalue weighted by atomic mass is 16.4. The van der Waals surface area contributed by atoms with Crippen molar-refractivity contribution in [2.75, 3.05) is 0 Å². The lowest BCUT2D eigenvalue weighted by Gasteiger charge is -2.19. The number of amides is 2. The minimum absolute atomic E-state index is 0.0244. The van der Waals surface area contributed by atoms with Crippen LogP contribution in [0.5, 0.6) is 0 Å². The highest BCUT2D eigenvalue weighted by molar-refractivity contribution is 5.82. The Kier molecular flexibility index (Phi) is 5.74. The van der Waals surface area contributed by atoms with E-state index in [9.17, 15) is 9.59 Å². The maximum absolute atomic E-state index is 11.3. The predicted octanol–water partition coefficient (Wildman–Crippen LogP) is 1.19. The van der Waals surface area contributed by atoms with Gasteiger partial charge < -0.3 is 15.7 Å². The summed E-state index contributed by atoms with van der Waals surface area (Å²) in [7, 11) is 0. The van der Waals surface area contributed by atoms with Crippen molar-refractivity contribution >= 4 is 12.0 Å². The number of carboxylic acid groups (broad SMARTS) is 1. The van der Waals surface area contributed by atoms with E-state index in [-0.39, 0.29) is 6.04 Å². The first-order valence-corrected chi connectivity index (χ1v) is 5.18. The van der Waals surface area contributed by atoms with Crippen LogP contribution in [-0.2, 0) is 4.79 Å². The minimum atomic E-state index is -1.01. The van der Waals surface area contributed by atoms with Crippen LogP contribution in [0.1, 0.15) is 34.1 Å². The van der Waals surface area contributed by atoms with E-state index in [0.717, 1.165) is 0 Å². The molecule has 2 atom stereocenters. The Morgan fingerprint density at radius 1 is 1.20 bits per heavy atom. The lowest BCUT2D eigenvalue weighted by molar-refractivity contribution is -0.139. The van der Waals surface area contributed by atoms with Gasteiger partial charge in [0.15, 0.2) is 0 Å². The molecule has 0 spiro atoms. The SMILES string of the molecule is CCC(NC(=O)NC(C)C(C)C)C(=O)O. The number of nitrogens with one attached hydrogen (secondary N) is 2. The van der Waals surface area contributed by atoms with Gasteiger partial charge in [0.1, 0.15) is 6.04 Å². The maximum atomic E-state index is 11.3. The monoisotopic (exact) mass is 216 g/mol. The lowest BCUT2D eigenvalue weighted by Crippen LogP contribution is -2.49. The second-order valence-corrected chi connectivity index (χ2v) is 3.95. The topological polar surface area (TPSA) is 78.4 Å². The molecule has 15 heavy (non-hydrogen) atoms. The summed E-state index contributed by atoms with van der Waals surface area (Å²) in [6, 6.07) is -1.22. The third-order valence-corrected chi connectivity index (χ3v) is 2.37. The highest BCUT2D eigenvalue weighted by Gasteiger charge is 2.18. The van der Waals surface area contributed by atoms with Crippen molar-refractivity contribution in [2.45, 2.75) is 46.2 Å². The molecule has 0 aliphatic rings. The quantitative estimate of drug-likeness (QED) is 0.646. The van der Waals surface area contributed by atoms with E-state index < -0.39 is 18.0 Å². The number of carboxylic acids is 1. The minimum Gasteiger partial charge on any atom is -0.480 e. The van der Waals surface area contributed by atoms with Crippen LogP contribution in [-0.4, -0.2) is 29.2 Å². The summed E-state index contributed by atoms with van der Waals surface area (Å²) in [6.45, 7) is 7.57. The number of aliphatic carboxylic acids is 1. The van der Waals surface area contributed by atoms with E-state index >= 15 is 0 Å². The molecule has 0 radical (unpaired) electrons. The van der Waals surface area contributed by atoms with E-state index in [1.807, 2.05) is 20.8 Å². The normalized spacial score (nSPS) is 14.5. The molecule has 0 aromatic carbocycles. The molecule has 0 aromatic rings. The molecule has 88 valence electrons. The van der Waals surface area contributed by atoms with Crippen LogP contribution in [0.4, 0.5) is 4.79 Å². The molecular weight excluding hydrogens is 196 g/mol. The standard InChI is InChI=1S/C10H20N2O3/c1-5-8(9(13)14)12-10(15)11-7(4)6(2)3/h6-8H,5H2,1-4H3,(H,13,14)(H2,11,12,15). The van der Waals surface area contributed by atoms with Gasteiger partial charge >= 0.3 is 12.0 Å². The molecule has 2 unspecified atom stereocenters. The van der Waals surface area contributed by atoms with Crippen LogP contribution in [0, 0.1) is 5.92 Å². The van der Waals surface area contributed by atoms with Gasteiger partial charge in [0.05, 0.1) is 0 Å². The van der Waals surface area contributed by atoms with Crippen LogP contribution in [0.3, 0.4) is 0 Å².